The van der Waals surface area contributed by atoms with E-state index in [0.29, 0.717) is 0 Å². The van der Waals surface area contributed by atoms with E-state index in [2.05, 4.69) is 23.9 Å². The molecule has 0 saturated heterocycles. The summed E-state index contributed by atoms with van der Waals surface area (Å²) in [5.74, 6) is 0. The number of aromatic nitrogens is 1. The van der Waals surface area contributed by atoms with Crippen molar-refractivity contribution in [1.82, 2.24) is 9.88 Å². The number of rotatable bonds is 0. The average Bonchev–Trinajstić information content (AvgIpc) is 2.23. The molecule has 0 spiro atoms. The van der Waals surface area contributed by atoms with Crippen molar-refractivity contribution in [3.8, 4) is 0 Å². The molecule has 2 heterocycles. The average molecular weight is 182 g/mol. The standard InChI is InChI=1S/C9H14N2S/c1-7-10-8-6-11(2)5-3-4-9(8)12-7/h3-6H2,1-2H3. The monoisotopic (exact) mass is 182 g/mol. The number of fused-ring (bicyclic) bond motifs is 1. The molecule has 1 aliphatic rings. The summed E-state index contributed by atoms with van der Waals surface area (Å²) in [5.41, 5.74) is 1.32. The van der Waals surface area contributed by atoms with Crippen LogP contribution in [0.25, 0.3) is 0 Å². The van der Waals surface area contributed by atoms with Gasteiger partial charge in [0.05, 0.1) is 10.7 Å². The van der Waals surface area contributed by atoms with Gasteiger partial charge in [0.2, 0.25) is 0 Å². The maximum Gasteiger partial charge on any atom is 0.0900 e. The molecule has 0 N–H and O–H groups in total. The topological polar surface area (TPSA) is 16.1 Å². The first-order chi connectivity index (χ1) is 5.75. The van der Waals surface area contributed by atoms with Crippen molar-refractivity contribution in [2.45, 2.75) is 26.3 Å². The second-order valence-electron chi connectivity index (χ2n) is 3.44. The van der Waals surface area contributed by atoms with Gasteiger partial charge in [-0.2, -0.15) is 0 Å². The summed E-state index contributed by atoms with van der Waals surface area (Å²) in [5, 5.41) is 1.22. The molecule has 12 heavy (non-hydrogen) atoms. The number of thiazole rings is 1. The second-order valence-corrected chi connectivity index (χ2v) is 4.73. The van der Waals surface area contributed by atoms with Crippen LogP contribution in [0.4, 0.5) is 0 Å². The Hall–Kier alpha value is -0.410. The first-order valence-corrected chi connectivity index (χ1v) is 5.21. The second kappa shape index (κ2) is 3.15. The molecule has 2 nitrogen and oxygen atoms in total. The smallest absolute Gasteiger partial charge is 0.0900 e. The highest BCUT2D eigenvalue weighted by molar-refractivity contribution is 7.11. The van der Waals surface area contributed by atoms with E-state index < -0.39 is 0 Å². The first kappa shape index (κ1) is 8.20. The zero-order valence-corrected chi connectivity index (χ0v) is 8.45. The van der Waals surface area contributed by atoms with Crippen molar-refractivity contribution in [3.63, 3.8) is 0 Å². The molecular weight excluding hydrogens is 168 g/mol. The number of aryl methyl sites for hydroxylation is 2. The molecule has 3 heteroatoms. The molecule has 1 aromatic rings. The maximum absolute atomic E-state index is 4.54. The molecule has 66 valence electrons. The van der Waals surface area contributed by atoms with Crippen LogP contribution in [-0.2, 0) is 13.0 Å². The van der Waals surface area contributed by atoms with Crippen LogP contribution in [0, 0.1) is 6.92 Å². The highest BCUT2D eigenvalue weighted by atomic mass is 32.1. The Balaban J connectivity index is 2.30. The largest absolute Gasteiger partial charge is 0.300 e. The molecule has 1 aliphatic heterocycles. The zero-order valence-electron chi connectivity index (χ0n) is 7.63. The number of hydrogen-bond donors (Lipinski definition) is 0. The molecule has 0 amide bonds. The van der Waals surface area contributed by atoms with Gasteiger partial charge in [-0.3, -0.25) is 0 Å². The van der Waals surface area contributed by atoms with Crippen LogP contribution in [0.2, 0.25) is 0 Å². The predicted octanol–water partition coefficient (Wildman–Crippen LogP) is 1.83. The minimum Gasteiger partial charge on any atom is -0.300 e. The van der Waals surface area contributed by atoms with Gasteiger partial charge >= 0.3 is 0 Å². The van der Waals surface area contributed by atoms with Crippen molar-refractivity contribution in [3.05, 3.63) is 15.6 Å². The van der Waals surface area contributed by atoms with E-state index in [4.69, 9.17) is 0 Å². The Morgan fingerprint density at radius 3 is 3.17 bits per heavy atom. The summed E-state index contributed by atoms with van der Waals surface area (Å²) in [6.07, 6.45) is 2.51. The van der Waals surface area contributed by atoms with Crippen molar-refractivity contribution in [2.75, 3.05) is 13.6 Å². The van der Waals surface area contributed by atoms with Gasteiger partial charge in [-0.05, 0) is 33.4 Å². The SMILES string of the molecule is Cc1nc2c(s1)CCCN(C)C2. The normalized spacial score (nSPS) is 18.8. The summed E-state index contributed by atoms with van der Waals surface area (Å²) in [6, 6.07) is 0. The fourth-order valence-corrected chi connectivity index (χ4v) is 2.66. The summed E-state index contributed by atoms with van der Waals surface area (Å²) in [7, 11) is 2.17. The lowest BCUT2D eigenvalue weighted by Gasteiger charge is -2.10. The van der Waals surface area contributed by atoms with Crippen LogP contribution >= 0.6 is 11.3 Å². The van der Waals surface area contributed by atoms with Crippen LogP contribution in [0.5, 0.6) is 0 Å². The van der Waals surface area contributed by atoms with E-state index in [1.165, 1.54) is 35.0 Å². The molecule has 0 aromatic carbocycles. The van der Waals surface area contributed by atoms with Gasteiger partial charge in [0.1, 0.15) is 0 Å². The Labute approximate surface area is 77.2 Å². The minimum absolute atomic E-state index is 1.04. The van der Waals surface area contributed by atoms with Crippen molar-refractivity contribution in [1.29, 1.82) is 0 Å². The lowest BCUT2D eigenvalue weighted by Crippen LogP contribution is -2.17. The van der Waals surface area contributed by atoms with Crippen LogP contribution < -0.4 is 0 Å². The minimum atomic E-state index is 1.04. The highest BCUT2D eigenvalue weighted by Gasteiger charge is 2.14. The van der Waals surface area contributed by atoms with Crippen molar-refractivity contribution < 1.29 is 0 Å². The predicted molar refractivity (Wildman–Crippen MR) is 51.5 cm³/mol. The van der Waals surface area contributed by atoms with Crippen LogP contribution in [-0.4, -0.2) is 23.5 Å². The number of hydrogen-bond acceptors (Lipinski definition) is 3. The molecule has 1 aromatic heterocycles. The Morgan fingerprint density at radius 2 is 2.33 bits per heavy atom. The third-order valence-electron chi connectivity index (χ3n) is 2.25. The van der Waals surface area contributed by atoms with Crippen molar-refractivity contribution >= 4 is 11.3 Å². The summed E-state index contributed by atoms with van der Waals surface area (Å²) >= 11 is 1.87. The molecule has 0 radical (unpaired) electrons. The van der Waals surface area contributed by atoms with E-state index in [-0.39, 0.29) is 0 Å². The fourth-order valence-electron chi connectivity index (χ4n) is 1.68. The lowest BCUT2D eigenvalue weighted by molar-refractivity contribution is 0.329. The molecule has 0 unspecified atom stereocenters. The molecule has 0 fully saturated rings. The third kappa shape index (κ3) is 1.52. The Morgan fingerprint density at radius 1 is 1.50 bits per heavy atom. The molecule has 2 rings (SSSR count). The Bertz CT molecular complexity index is 280. The van der Waals surface area contributed by atoms with E-state index >= 15 is 0 Å². The zero-order chi connectivity index (χ0) is 8.55. The van der Waals surface area contributed by atoms with Gasteiger partial charge in [-0.25, -0.2) is 4.98 Å². The summed E-state index contributed by atoms with van der Waals surface area (Å²) in [4.78, 5) is 8.40. The molecule has 0 saturated carbocycles. The summed E-state index contributed by atoms with van der Waals surface area (Å²) in [6.45, 7) is 4.35. The van der Waals surface area contributed by atoms with E-state index in [1.807, 2.05) is 11.3 Å². The third-order valence-corrected chi connectivity index (χ3v) is 3.32. The molecular formula is C9H14N2S. The molecule has 0 bridgehead atoms. The van der Waals surface area contributed by atoms with Crippen LogP contribution in [0.15, 0.2) is 0 Å². The van der Waals surface area contributed by atoms with E-state index in [1.54, 1.807) is 0 Å². The first-order valence-electron chi connectivity index (χ1n) is 4.39. The van der Waals surface area contributed by atoms with Gasteiger partial charge < -0.3 is 4.90 Å². The Kier molecular flexibility index (Phi) is 2.15. The van der Waals surface area contributed by atoms with Gasteiger partial charge in [-0.1, -0.05) is 0 Å². The van der Waals surface area contributed by atoms with Gasteiger partial charge in [0.25, 0.3) is 0 Å². The van der Waals surface area contributed by atoms with Gasteiger partial charge in [0.15, 0.2) is 0 Å². The maximum atomic E-state index is 4.54. The summed E-state index contributed by atoms with van der Waals surface area (Å²) < 4.78 is 0. The van der Waals surface area contributed by atoms with Crippen LogP contribution in [0.1, 0.15) is 22.0 Å². The van der Waals surface area contributed by atoms with Crippen molar-refractivity contribution in [2.24, 2.45) is 0 Å². The van der Waals surface area contributed by atoms with Crippen LogP contribution in [0.3, 0.4) is 0 Å². The highest BCUT2D eigenvalue weighted by Crippen LogP contribution is 2.23. The number of nitrogens with zero attached hydrogens (tertiary/aromatic N) is 2. The van der Waals surface area contributed by atoms with E-state index in [0.717, 1.165) is 6.54 Å². The molecule has 0 atom stereocenters. The van der Waals surface area contributed by atoms with Gasteiger partial charge in [0, 0.05) is 11.4 Å². The fraction of sp³-hybridized carbons (Fsp3) is 0.667. The molecule has 0 aliphatic carbocycles. The van der Waals surface area contributed by atoms with E-state index in [9.17, 15) is 0 Å². The quantitative estimate of drug-likeness (QED) is 0.608. The lowest BCUT2D eigenvalue weighted by atomic mass is 10.2. The van der Waals surface area contributed by atoms with Gasteiger partial charge in [-0.15, -0.1) is 11.3 Å².